The molecule has 2 N–H and O–H groups in total. The SMILES string of the molecule is CN1CCN(Cc2cccc(-c3ccc(S(=O)(=O)N4CCN(C5=CCC=C(COCNO)C=N5)CC4)cc3)c2)CC1. The number of rotatable bonds is 10. The summed E-state index contributed by atoms with van der Waals surface area (Å²) in [5, 5.41) is 8.64. The minimum absolute atomic E-state index is 0.0506. The van der Waals surface area contributed by atoms with Crippen LogP contribution >= 0.6 is 0 Å². The van der Waals surface area contributed by atoms with Gasteiger partial charge >= 0.3 is 0 Å². The third-order valence-corrected chi connectivity index (χ3v) is 9.71. The lowest BCUT2D eigenvalue weighted by Crippen LogP contribution is -2.47. The number of nitrogens with zero attached hydrogens (tertiary/aromatic N) is 5. The largest absolute Gasteiger partial charge is 0.359 e. The summed E-state index contributed by atoms with van der Waals surface area (Å²) >= 11 is 0. The van der Waals surface area contributed by atoms with Gasteiger partial charge in [0.2, 0.25) is 10.0 Å². The number of sulfonamides is 1. The van der Waals surface area contributed by atoms with Crippen LogP contribution in [0.15, 0.2) is 82.0 Å². The average Bonchev–Trinajstić information content (AvgIpc) is 3.25. The van der Waals surface area contributed by atoms with Crippen LogP contribution in [0.1, 0.15) is 12.0 Å². The number of piperazine rings is 2. The molecule has 2 saturated heterocycles. The lowest BCUT2D eigenvalue weighted by molar-refractivity contribution is 0.0339. The first-order valence-corrected chi connectivity index (χ1v) is 15.6. The van der Waals surface area contributed by atoms with Crippen molar-refractivity contribution in [2.45, 2.75) is 17.9 Å². The molecule has 2 aromatic rings. The third kappa shape index (κ3) is 7.69. The Kier molecular flexibility index (Phi) is 9.99. The van der Waals surface area contributed by atoms with Crippen LogP contribution in [-0.4, -0.2) is 112 Å². The fourth-order valence-electron chi connectivity index (χ4n) is 5.33. The molecule has 0 bridgehead atoms. The van der Waals surface area contributed by atoms with E-state index in [9.17, 15) is 8.42 Å². The number of likely N-dealkylation sites (N-methyl/N-ethyl adjacent to an activating group) is 1. The zero-order valence-electron chi connectivity index (χ0n) is 23.7. The van der Waals surface area contributed by atoms with Gasteiger partial charge in [-0.2, -0.15) is 9.79 Å². The molecular weight excluding hydrogens is 540 g/mol. The van der Waals surface area contributed by atoms with Gasteiger partial charge < -0.3 is 19.7 Å². The van der Waals surface area contributed by atoms with Crippen molar-refractivity contribution < 1.29 is 18.4 Å². The van der Waals surface area contributed by atoms with E-state index in [4.69, 9.17) is 9.94 Å². The van der Waals surface area contributed by atoms with Crippen LogP contribution in [0.3, 0.4) is 0 Å². The van der Waals surface area contributed by atoms with E-state index in [2.05, 4.69) is 51.0 Å². The number of hydroxylamine groups is 1. The first-order chi connectivity index (χ1) is 19.9. The maximum atomic E-state index is 13.4. The van der Waals surface area contributed by atoms with Crippen LogP contribution in [0.25, 0.3) is 11.1 Å². The first kappa shape index (κ1) is 29.6. The Labute approximate surface area is 243 Å². The monoisotopic (exact) mass is 580 g/mol. The van der Waals surface area contributed by atoms with E-state index < -0.39 is 10.0 Å². The summed E-state index contributed by atoms with van der Waals surface area (Å²) in [6, 6.07) is 15.8. The summed E-state index contributed by atoms with van der Waals surface area (Å²) in [5.74, 6) is 0.841. The van der Waals surface area contributed by atoms with Gasteiger partial charge in [0.05, 0.1) is 11.5 Å². The van der Waals surface area contributed by atoms with Crippen molar-refractivity contribution in [1.82, 2.24) is 24.5 Å². The molecule has 2 fully saturated rings. The zero-order chi connectivity index (χ0) is 28.7. The predicted molar refractivity (Wildman–Crippen MR) is 160 cm³/mol. The molecule has 0 saturated carbocycles. The van der Waals surface area contributed by atoms with E-state index in [0.717, 1.165) is 55.2 Å². The van der Waals surface area contributed by atoms with E-state index in [1.54, 1.807) is 22.7 Å². The molecule has 2 aromatic carbocycles. The van der Waals surface area contributed by atoms with Crippen LogP contribution in [0.2, 0.25) is 0 Å². The lowest BCUT2D eigenvalue weighted by atomic mass is 10.0. The Morgan fingerprint density at radius 2 is 1.68 bits per heavy atom. The molecule has 220 valence electrons. The van der Waals surface area contributed by atoms with Crippen molar-refractivity contribution in [1.29, 1.82) is 0 Å². The normalized spacial score (nSPS) is 19.6. The smallest absolute Gasteiger partial charge is 0.243 e. The van der Waals surface area contributed by atoms with E-state index >= 15 is 0 Å². The highest BCUT2D eigenvalue weighted by Crippen LogP contribution is 2.26. The van der Waals surface area contributed by atoms with Gasteiger partial charge in [-0.3, -0.25) is 4.90 Å². The number of aliphatic imine (C=N–C) groups is 1. The Bertz CT molecular complexity index is 1360. The predicted octanol–water partition coefficient (Wildman–Crippen LogP) is 2.60. The number of allylic oxidation sites excluding steroid dienone is 2. The van der Waals surface area contributed by atoms with Gasteiger partial charge in [0.1, 0.15) is 12.6 Å². The molecule has 0 radical (unpaired) electrons. The van der Waals surface area contributed by atoms with Crippen LogP contribution in [0.5, 0.6) is 0 Å². The molecule has 0 amide bonds. The Balaban J connectivity index is 1.17. The molecule has 0 spiro atoms. The minimum Gasteiger partial charge on any atom is -0.359 e. The molecule has 3 aliphatic rings. The van der Waals surface area contributed by atoms with Crippen LogP contribution in [0.4, 0.5) is 0 Å². The van der Waals surface area contributed by atoms with Gasteiger partial charge in [-0.15, -0.1) is 0 Å². The van der Waals surface area contributed by atoms with Crippen molar-refractivity contribution >= 4 is 16.2 Å². The highest BCUT2D eigenvalue weighted by Gasteiger charge is 2.29. The second kappa shape index (κ2) is 13.8. The molecule has 41 heavy (non-hydrogen) atoms. The maximum Gasteiger partial charge on any atom is 0.243 e. The van der Waals surface area contributed by atoms with E-state index in [0.29, 0.717) is 44.1 Å². The van der Waals surface area contributed by atoms with Gasteiger partial charge in [-0.1, -0.05) is 36.4 Å². The minimum atomic E-state index is -3.59. The summed E-state index contributed by atoms with van der Waals surface area (Å²) in [6.45, 7) is 7.60. The molecule has 11 heteroatoms. The van der Waals surface area contributed by atoms with E-state index in [1.807, 2.05) is 29.8 Å². The summed E-state index contributed by atoms with van der Waals surface area (Å²) in [5.41, 5.74) is 6.28. The molecule has 3 aliphatic heterocycles. The Hall–Kier alpha value is -2.90. The molecule has 10 nitrogen and oxygen atoms in total. The quantitative estimate of drug-likeness (QED) is 0.251. The van der Waals surface area contributed by atoms with Crippen molar-refractivity contribution in [3.63, 3.8) is 0 Å². The fraction of sp³-hybridized carbons (Fsp3) is 0.433. The lowest BCUT2D eigenvalue weighted by Gasteiger charge is -2.35. The van der Waals surface area contributed by atoms with Crippen LogP contribution in [-0.2, 0) is 21.3 Å². The summed E-state index contributed by atoms with van der Waals surface area (Å²) < 4.78 is 33.7. The number of ether oxygens (including phenoxy) is 1. The highest BCUT2D eigenvalue weighted by atomic mass is 32.2. The second-order valence-electron chi connectivity index (χ2n) is 10.7. The Morgan fingerprint density at radius 1 is 0.927 bits per heavy atom. The number of benzene rings is 2. The summed E-state index contributed by atoms with van der Waals surface area (Å²) in [7, 11) is -1.43. The van der Waals surface area contributed by atoms with Gasteiger partial charge in [0.15, 0.2) is 0 Å². The molecule has 3 heterocycles. The third-order valence-electron chi connectivity index (χ3n) is 7.80. The van der Waals surface area contributed by atoms with E-state index in [1.165, 1.54) is 5.56 Å². The first-order valence-electron chi connectivity index (χ1n) is 14.2. The maximum absolute atomic E-state index is 13.4. The van der Waals surface area contributed by atoms with Crippen LogP contribution < -0.4 is 5.48 Å². The van der Waals surface area contributed by atoms with Gasteiger partial charge in [-0.05, 0) is 60.0 Å². The second-order valence-corrected chi connectivity index (χ2v) is 12.6. The highest BCUT2D eigenvalue weighted by molar-refractivity contribution is 7.89. The zero-order valence-corrected chi connectivity index (χ0v) is 24.5. The van der Waals surface area contributed by atoms with Crippen LogP contribution in [0, 0.1) is 0 Å². The molecule has 0 aromatic heterocycles. The standard InChI is InChI=1S/C30H40N6O4S/c1-33-12-14-34(15-13-33)22-25-4-2-6-28(20-25)27-8-10-29(11-9-27)41(38,39)36-18-16-35(17-19-36)30-7-3-5-26(21-31-30)23-40-24-32-37/h2,4-11,20-21,32,37H,3,12-19,22-24H2,1H3. The molecule has 0 atom stereocenters. The molecule has 5 rings (SSSR count). The average molecular weight is 581 g/mol. The van der Waals surface area contributed by atoms with Crippen molar-refractivity contribution in [3.05, 3.63) is 77.6 Å². The number of hydrogen-bond acceptors (Lipinski definition) is 9. The molecular formula is C30H40N6O4S. The summed E-state index contributed by atoms with van der Waals surface area (Å²) in [6.07, 6.45) is 6.55. The molecule has 0 aliphatic carbocycles. The summed E-state index contributed by atoms with van der Waals surface area (Å²) in [4.78, 5) is 11.9. The number of nitrogens with one attached hydrogen (secondary N) is 1. The Morgan fingerprint density at radius 3 is 2.41 bits per heavy atom. The number of hydrogen-bond donors (Lipinski definition) is 2. The van der Waals surface area contributed by atoms with E-state index in [-0.39, 0.29) is 6.73 Å². The van der Waals surface area contributed by atoms with Crippen molar-refractivity contribution in [3.8, 4) is 11.1 Å². The molecule has 0 unspecified atom stereocenters. The van der Waals surface area contributed by atoms with Crippen molar-refractivity contribution in [2.75, 3.05) is 72.7 Å². The van der Waals surface area contributed by atoms with Gasteiger partial charge in [0, 0.05) is 65.1 Å². The fourth-order valence-corrected chi connectivity index (χ4v) is 6.75. The van der Waals surface area contributed by atoms with Gasteiger partial charge in [-0.25, -0.2) is 13.4 Å². The van der Waals surface area contributed by atoms with Crippen molar-refractivity contribution in [2.24, 2.45) is 4.99 Å². The van der Waals surface area contributed by atoms with Gasteiger partial charge in [0.25, 0.3) is 0 Å². The topological polar surface area (TPSA) is 101 Å².